The first kappa shape index (κ1) is 14.8. The van der Waals surface area contributed by atoms with Crippen LogP contribution in [0, 0.1) is 0 Å². The number of carbonyl (C=O) groups is 1. The zero-order valence-electron chi connectivity index (χ0n) is 11.4. The number of aromatic hydroxyl groups is 1. The minimum Gasteiger partial charge on any atom is -0.505 e. The van der Waals surface area contributed by atoms with E-state index in [2.05, 4.69) is 32.6 Å². The lowest BCUT2D eigenvalue weighted by molar-refractivity contribution is 0.0590. The molecule has 1 N–H and O–H groups in total. The fraction of sp³-hybridized carbons (Fsp3) is 0.429. The minimum atomic E-state index is -0.654. The number of ether oxygens (including phenoxy) is 1. The number of unbranched alkanes of at least 4 members (excludes halogenated alkanes) is 2. The molecule has 0 bridgehead atoms. The van der Waals surface area contributed by atoms with Gasteiger partial charge in [-0.05, 0) is 28.8 Å². The van der Waals surface area contributed by atoms with E-state index in [9.17, 15) is 9.90 Å². The molecule has 0 amide bonds. The summed E-state index contributed by atoms with van der Waals surface area (Å²) >= 11 is 3.23. The number of aromatic nitrogens is 1. The number of pyridine rings is 1. The number of halogens is 1. The number of hydrogen-bond donors (Lipinski definition) is 1. The van der Waals surface area contributed by atoms with E-state index in [0.717, 1.165) is 19.3 Å². The highest BCUT2D eigenvalue weighted by Gasteiger charge is 2.22. The molecule has 0 saturated carbocycles. The molecule has 0 aliphatic rings. The molecule has 0 unspecified atom stereocenters. The van der Waals surface area contributed by atoms with Crippen molar-refractivity contribution in [3.63, 3.8) is 0 Å². The largest absolute Gasteiger partial charge is 0.505 e. The molecule has 2 rings (SSSR count). The van der Waals surface area contributed by atoms with Crippen molar-refractivity contribution >= 4 is 32.9 Å². The molecule has 108 valence electrons. The maximum atomic E-state index is 11.7. The standard InChI is InChI=1S/C14H16BrNO4/c1-3-4-5-6-9-13-8(7-10(15)20-13)12(17)11(16-9)14(18)19-2/h7,17H,3-6H2,1-2H3. The highest BCUT2D eigenvalue weighted by atomic mass is 79.9. The summed E-state index contributed by atoms with van der Waals surface area (Å²) in [6.45, 7) is 2.11. The summed E-state index contributed by atoms with van der Waals surface area (Å²) in [7, 11) is 1.26. The Morgan fingerprint density at radius 1 is 1.50 bits per heavy atom. The van der Waals surface area contributed by atoms with E-state index < -0.39 is 5.97 Å². The Kier molecular flexibility index (Phi) is 4.65. The summed E-state index contributed by atoms with van der Waals surface area (Å²) < 4.78 is 10.7. The summed E-state index contributed by atoms with van der Waals surface area (Å²) in [4.78, 5) is 15.9. The number of rotatable bonds is 5. The van der Waals surface area contributed by atoms with Crippen LogP contribution in [0.25, 0.3) is 11.0 Å². The molecule has 20 heavy (non-hydrogen) atoms. The van der Waals surface area contributed by atoms with Crippen LogP contribution < -0.4 is 0 Å². The van der Waals surface area contributed by atoms with Crippen molar-refractivity contribution in [1.82, 2.24) is 4.98 Å². The summed E-state index contributed by atoms with van der Waals surface area (Å²) in [5, 5.41) is 10.6. The Bertz CT molecular complexity index is 636. The lowest BCUT2D eigenvalue weighted by Crippen LogP contribution is -2.07. The molecule has 0 saturated heterocycles. The van der Waals surface area contributed by atoms with E-state index >= 15 is 0 Å². The zero-order valence-corrected chi connectivity index (χ0v) is 13.0. The smallest absolute Gasteiger partial charge is 0.360 e. The first-order valence-corrected chi connectivity index (χ1v) is 7.27. The molecule has 5 nitrogen and oxygen atoms in total. The lowest BCUT2D eigenvalue weighted by Gasteiger charge is -2.07. The molecular formula is C14H16BrNO4. The topological polar surface area (TPSA) is 72.6 Å². The van der Waals surface area contributed by atoms with Crippen molar-refractivity contribution in [1.29, 1.82) is 0 Å². The minimum absolute atomic E-state index is 0.0696. The number of furan rings is 1. The fourth-order valence-electron chi connectivity index (χ4n) is 2.07. The monoisotopic (exact) mass is 341 g/mol. The molecule has 0 aromatic carbocycles. The highest BCUT2D eigenvalue weighted by Crippen LogP contribution is 2.35. The molecule has 0 spiro atoms. The van der Waals surface area contributed by atoms with Crippen LogP contribution in [0.3, 0.4) is 0 Å². The Balaban J connectivity index is 2.53. The normalized spacial score (nSPS) is 10.9. The molecule has 0 fully saturated rings. The third-order valence-corrected chi connectivity index (χ3v) is 3.48. The Hall–Kier alpha value is -1.56. The van der Waals surface area contributed by atoms with Crippen molar-refractivity contribution in [3.05, 3.63) is 22.1 Å². The maximum absolute atomic E-state index is 11.7. The van der Waals surface area contributed by atoms with E-state index in [4.69, 9.17) is 4.42 Å². The van der Waals surface area contributed by atoms with E-state index in [1.807, 2.05) is 0 Å². The number of carbonyl (C=O) groups excluding carboxylic acids is 1. The van der Waals surface area contributed by atoms with Crippen molar-refractivity contribution in [2.45, 2.75) is 32.6 Å². The van der Waals surface area contributed by atoms with Gasteiger partial charge in [-0.1, -0.05) is 19.8 Å². The second-order valence-electron chi connectivity index (χ2n) is 4.50. The molecule has 0 atom stereocenters. The first-order chi connectivity index (χ1) is 9.58. The van der Waals surface area contributed by atoms with Gasteiger partial charge in [-0.25, -0.2) is 9.78 Å². The molecule has 2 aromatic rings. The Morgan fingerprint density at radius 3 is 2.90 bits per heavy atom. The lowest BCUT2D eigenvalue weighted by atomic mass is 10.1. The fourth-order valence-corrected chi connectivity index (χ4v) is 2.46. The Morgan fingerprint density at radius 2 is 2.25 bits per heavy atom. The van der Waals surface area contributed by atoms with E-state index in [1.54, 1.807) is 6.07 Å². The number of hydrogen-bond acceptors (Lipinski definition) is 5. The van der Waals surface area contributed by atoms with E-state index in [1.165, 1.54) is 7.11 Å². The van der Waals surface area contributed by atoms with Gasteiger partial charge >= 0.3 is 5.97 Å². The predicted octanol–water partition coefficient (Wildman–Crippen LogP) is 3.82. The third-order valence-electron chi connectivity index (χ3n) is 3.09. The summed E-state index contributed by atoms with van der Waals surface area (Å²) in [6, 6.07) is 1.63. The summed E-state index contributed by atoms with van der Waals surface area (Å²) in [5.74, 6) is -0.862. The average molecular weight is 342 g/mol. The van der Waals surface area contributed by atoms with Crippen LogP contribution in [0.1, 0.15) is 42.4 Å². The molecule has 6 heteroatoms. The molecule has 2 aromatic heterocycles. The molecular weight excluding hydrogens is 326 g/mol. The average Bonchev–Trinajstić information content (AvgIpc) is 2.83. The number of esters is 1. The molecule has 0 aliphatic carbocycles. The van der Waals surface area contributed by atoms with E-state index in [-0.39, 0.29) is 11.4 Å². The summed E-state index contributed by atoms with van der Waals surface area (Å²) in [6.07, 6.45) is 3.79. The van der Waals surface area contributed by atoms with Gasteiger partial charge < -0.3 is 14.3 Å². The number of methoxy groups -OCH3 is 1. The third kappa shape index (κ3) is 2.80. The van der Waals surface area contributed by atoms with Gasteiger partial charge in [0.15, 0.2) is 21.7 Å². The van der Waals surface area contributed by atoms with Crippen LogP contribution in [0.15, 0.2) is 15.2 Å². The van der Waals surface area contributed by atoms with Crippen LogP contribution in [0.4, 0.5) is 0 Å². The van der Waals surface area contributed by atoms with Crippen molar-refractivity contribution < 1.29 is 19.1 Å². The van der Waals surface area contributed by atoms with E-state index in [0.29, 0.717) is 27.8 Å². The number of aryl methyl sites for hydroxylation is 1. The van der Waals surface area contributed by atoms with Crippen molar-refractivity contribution in [2.75, 3.05) is 7.11 Å². The van der Waals surface area contributed by atoms with Crippen LogP contribution in [0.5, 0.6) is 5.75 Å². The van der Waals surface area contributed by atoms with Gasteiger partial charge in [0, 0.05) is 6.07 Å². The second-order valence-corrected chi connectivity index (χ2v) is 5.28. The van der Waals surface area contributed by atoms with Crippen molar-refractivity contribution in [3.8, 4) is 5.75 Å². The quantitative estimate of drug-likeness (QED) is 0.661. The van der Waals surface area contributed by atoms with Gasteiger partial charge in [0.05, 0.1) is 18.2 Å². The van der Waals surface area contributed by atoms with Gasteiger partial charge in [-0.15, -0.1) is 0 Å². The first-order valence-electron chi connectivity index (χ1n) is 6.47. The maximum Gasteiger partial charge on any atom is 0.360 e. The van der Waals surface area contributed by atoms with Gasteiger partial charge in [0.1, 0.15) is 0 Å². The van der Waals surface area contributed by atoms with Gasteiger partial charge in [0.2, 0.25) is 0 Å². The zero-order chi connectivity index (χ0) is 14.7. The van der Waals surface area contributed by atoms with Gasteiger partial charge in [-0.2, -0.15) is 0 Å². The molecule has 2 heterocycles. The molecule has 0 radical (unpaired) electrons. The Labute approximate surface area is 125 Å². The second kappa shape index (κ2) is 6.26. The van der Waals surface area contributed by atoms with Crippen molar-refractivity contribution in [2.24, 2.45) is 0 Å². The van der Waals surface area contributed by atoms with Crippen LogP contribution >= 0.6 is 15.9 Å². The van der Waals surface area contributed by atoms with Crippen LogP contribution in [-0.4, -0.2) is 23.2 Å². The SMILES string of the molecule is CCCCCc1nc(C(=O)OC)c(O)c2cc(Br)oc12. The van der Waals surface area contributed by atoms with Crippen LogP contribution in [-0.2, 0) is 11.2 Å². The predicted molar refractivity (Wildman–Crippen MR) is 77.9 cm³/mol. The summed E-state index contributed by atoms with van der Waals surface area (Å²) in [5.41, 5.74) is 1.11. The highest BCUT2D eigenvalue weighted by molar-refractivity contribution is 9.10. The number of fused-ring (bicyclic) bond motifs is 1. The van der Waals surface area contributed by atoms with Crippen LogP contribution in [0.2, 0.25) is 0 Å². The van der Waals surface area contributed by atoms with Gasteiger partial charge in [0.25, 0.3) is 0 Å². The number of nitrogens with zero attached hydrogens (tertiary/aromatic N) is 1. The van der Waals surface area contributed by atoms with Gasteiger partial charge in [-0.3, -0.25) is 0 Å². The molecule has 0 aliphatic heterocycles.